The highest BCUT2D eigenvalue weighted by Gasteiger charge is 2.18. The molecular weight excluding hydrogens is 284 g/mol. The Labute approximate surface area is 128 Å². The summed E-state index contributed by atoms with van der Waals surface area (Å²) in [5.41, 5.74) is 5.75. The van der Waals surface area contributed by atoms with Gasteiger partial charge in [-0.3, -0.25) is 0 Å². The van der Waals surface area contributed by atoms with Crippen molar-refractivity contribution in [1.82, 2.24) is 4.98 Å². The van der Waals surface area contributed by atoms with E-state index in [0.717, 1.165) is 43.6 Å². The molecule has 1 aromatic carbocycles. The topological polar surface area (TPSA) is 53.4 Å². The monoisotopic (exact) mass is 302 g/mol. The van der Waals surface area contributed by atoms with Gasteiger partial charge < -0.3 is 10.0 Å². The van der Waals surface area contributed by atoms with Crippen molar-refractivity contribution >= 4 is 23.0 Å². The number of carbonyl (C=O) groups is 1. The molecule has 1 aliphatic heterocycles. The lowest BCUT2D eigenvalue weighted by Crippen LogP contribution is -2.31. The van der Waals surface area contributed by atoms with Crippen LogP contribution in [0.2, 0.25) is 0 Å². The predicted molar refractivity (Wildman–Crippen MR) is 84.5 cm³/mol. The normalized spacial score (nSPS) is 14.0. The zero-order chi connectivity index (χ0) is 14.8. The van der Waals surface area contributed by atoms with E-state index >= 15 is 0 Å². The van der Waals surface area contributed by atoms with Crippen molar-refractivity contribution in [2.75, 3.05) is 18.0 Å². The smallest absolute Gasteiger partial charge is 0.335 e. The van der Waals surface area contributed by atoms with Crippen molar-refractivity contribution in [1.29, 1.82) is 0 Å². The van der Waals surface area contributed by atoms with Gasteiger partial charge in [0.2, 0.25) is 0 Å². The van der Waals surface area contributed by atoms with Crippen LogP contribution in [0.4, 0.5) is 5.69 Å². The maximum Gasteiger partial charge on any atom is 0.335 e. The summed E-state index contributed by atoms with van der Waals surface area (Å²) < 4.78 is 0. The van der Waals surface area contributed by atoms with E-state index in [1.54, 1.807) is 17.4 Å². The van der Waals surface area contributed by atoms with Gasteiger partial charge in [0, 0.05) is 30.1 Å². The Balaban J connectivity index is 1.77. The molecule has 21 heavy (non-hydrogen) atoms. The number of carboxylic acids is 1. The van der Waals surface area contributed by atoms with Crippen LogP contribution in [0.1, 0.15) is 32.9 Å². The summed E-state index contributed by atoms with van der Waals surface area (Å²) in [5.74, 6) is -0.852. The molecule has 0 fully saturated rings. The Morgan fingerprint density at radius 1 is 1.48 bits per heavy atom. The summed E-state index contributed by atoms with van der Waals surface area (Å²) in [6.45, 7) is 4.05. The Morgan fingerprint density at radius 3 is 3.05 bits per heavy atom. The van der Waals surface area contributed by atoms with E-state index in [1.165, 1.54) is 10.6 Å². The van der Waals surface area contributed by atoms with Crippen LogP contribution in [0.3, 0.4) is 0 Å². The zero-order valence-electron chi connectivity index (χ0n) is 12.0. The van der Waals surface area contributed by atoms with Gasteiger partial charge in [0.05, 0.1) is 16.8 Å². The minimum Gasteiger partial charge on any atom is -0.478 e. The van der Waals surface area contributed by atoms with Crippen molar-refractivity contribution in [3.63, 3.8) is 0 Å². The average Bonchev–Trinajstić information content (AvgIpc) is 2.89. The molecule has 0 unspecified atom stereocenters. The first kappa shape index (κ1) is 14.1. The van der Waals surface area contributed by atoms with Gasteiger partial charge >= 0.3 is 5.97 Å². The number of hydrogen-bond acceptors (Lipinski definition) is 4. The molecule has 4 nitrogen and oxygen atoms in total. The van der Waals surface area contributed by atoms with Gasteiger partial charge in [-0.05, 0) is 43.5 Å². The number of carboxylic acid groups (broad SMARTS) is 1. The number of aromatic carboxylic acids is 1. The molecule has 0 aliphatic carbocycles. The van der Waals surface area contributed by atoms with Crippen molar-refractivity contribution in [2.24, 2.45) is 0 Å². The van der Waals surface area contributed by atoms with Gasteiger partial charge in [-0.2, -0.15) is 0 Å². The summed E-state index contributed by atoms with van der Waals surface area (Å²) in [4.78, 5) is 19.1. The molecule has 1 aromatic heterocycles. The Morgan fingerprint density at radius 2 is 2.33 bits per heavy atom. The summed E-state index contributed by atoms with van der Waals surface area (Å²) in [5, 5.41) is 9.09. The Kier molecular flexibility index (Phi) is 3.92. The molecule has 5 heteroatoms. The van der Waals surface area contributed by atoms with E-state index in [9.17, 15) is 4.79 Å². The maximum atomic E-state index is 11.1. The number of aromatic nitrogens is 1. The van der Waals surface area contributed by atoms with Crippen LogP contribution in [0.15, 0.2) is 23.7 Å². The van der Waals surface area contributed by atoms with Crippen LogP contribution in [-0.2, 0) is 12.8 Å². The average molecular weight is 302 g/mol. The number of nitrogens with zero attached hydrogens (tertiary/aromatic N) is 2. The lowest BCUT2D eigenvalue weighted by atomic mass is 9.99. The van der Waals surface area contributed by atoms with E-state index in [-0.39, 0.29) is 0 Å². The number of aryl methyl sites for hydroxylation is 2. The number of anilines is 1. The van der Waals surface area contributed by atoms with Crippen LogP contribution in [0.25, 0.3) is 0 Å². The number of benzene rings is 1. The first-order valence-corrected chi connectivity index (χ1v) is 8.03. The second-order valence-electron chi connectivity index (χ2n) is 5.35. The van der Waals surface area contributed by atoms with E-state index < -0.39 is 5.97 Å². The van der Waals surface area contributed by atoms with Crippen molar-refractivity contribution < 1.29 is 9.90 Å². The predicted octanol–water partition coefficient (Wildman–Crippen LogP) is 3.15. The van der Waals surface area contributed by atoms with E-state index in [2.05, 4.69) is 16.8 Å². The molecule has 1 aliphatic rings. The molecule has 2 aromatic rings. The first-order valence-electron chi connectivity index (χ1n) is 7.15. The Bertz CT molecular complexity index is 666. The lowest BCUT2D eigenvalue weighted by molar-refractivity contribution is 0.0697. The summed E-state index contributed by atoms with van der Waals surface area (Å²) in [6.07, 6.45) is 3.04. The summed E-state index contributed by atoms with van der Waals surface area (Å²) in [6, 6.07) is 5.48. The first-order chi connectivity index (χ1) is 10.1. The van der Waals surface area contributed by atoms with Crippen LogP contribution in [0.5, 0.6) is 0 Å². The minimum atomic E-state index is -0.852. The lowest BCUT2D eigenvalue weighted by Gasteiger charge is -2.31. The van der Waals surface area contributed by atoms with Crippen LogP contribution in [-0.4, -0.2) is 29.1 Å². The molecule has 0 radical (unpaired) electrons. The molecule has 0 saturated heterocycles. The SMILES string of the molecule is Cc1ncsc1CCN1CCCc2cc(C(=O)O)ccc21. The summed E-state index contributed by atoms with van der Waals surface area (Å²) in [7, 11) is 0. The third-order valence-electron chi connectivity index (χ3n) is 3.99. The molecule has 0 saturated carbocycles. The zero-order valence-corrected chi connectivity index (χ0v) is 12.8. The highest BCUT2D eigenvalue weighted by Crippen LogP contribution is 2.28. The fourth-order valence-corrected chi connectivity index (χ4v) is 3.61. The quantitative estimate of drug-likeness (QED) is 0.942. The molecule has 110 valence electrons. The third-order valence-corrected chi connectivity index (χ3v) is 4.99. The number of thiazole rings is 1. The molecule has 0 spiro atoms. The van der Waals surface area contributed by atoms with Gasteiger partial charge in [-0.1, -0.05) is 0 Å². The van der Waals surface area contributed by atoms with Crippen molar-refractivity contribution in [2.45, 2.75) is 26.2 Å². The van der Waals surface area contributed by atoms with Crippen molar-refractivity contribution in [3.05, 3.63) is 45.4 Å². The molecule has 0 atom stereocenters. The largest absolute Gasteiger partial charge is 0.478 e. The summed E-state index contributed by atoms with van der Waals surface area (Å²) >= 11 is 1.71. The third kappa shape index (κ3) is 2.93. The highest BCUT2D eigenvalue weighted by atomic mass is 32.1. The second-order valence-corrected chi connectivity index (χ2v) is 6.29. The highest BCUT2D eigenvalue weighted by molar-refractivity contribution is 7.09. The maximum absolute atomic E-state index is 11.1. The van der Waals surface area contributed by atoms with Gasteiger partial charge in [0.1, 0.15) is 0 Å². The van der Waals surface area contributed by atoms with E-state index in [1.807, 2.05) is 17.6 Å². The second kappa shape index (κ2) is 5.85. The number of fused-ring (bicyclic) bond motifs is 1. The molecule has 1 N–H and O–H groups in total. The van der Waals surface area contributed by atoms with Crippen molar-refractivity contribution in [3.8, 4) is 0 Å². The molecular formula is C16H18N2O2S. The fourth-order valence-electron chi connectivity index (χ4n) is 2.84. The van der Waals surface area contributed by atoms with Crippen LogP contribution < -0.4 is 4.90 Å². The molecule has 0 bridgehead atoms. The molecule has 3 rings (SSSR count). The van der Waals surface area contributed by atoms with E-state index in [0.29, 0.717) is 5.56 Å². The molecule has 0 amide bonds. The van der Waals surface area contributed by atoms with E-state index in [4.69, 9.17) is 5.11 Å². The standard InChI is InChI=1S/C16H18N2O2S/c1-11-15(21-10-17-11)6-8-18-7-2-3-12-9-13(16(19)20)4-5-14(12)18/h4-5,9-10H,2-3,6-8H2,1H3,(H,19,20). The minimum absolute atomic E-state index is 0.383. The molecule has 2 heterocycles. The number of hydrogen-bond donors (Lipinski definition) is 1. The van der Waals surface area contributed by atoms with Crippen LogP contribution in [0, 0.1) is 6.92 Å². The van der Waals surface area contributed by atoms with Crippen LogP contribution >= 0.6 is 11.3 Å². The van der Waals surface area contributed by atoms with Gasteiger partial charge in [0.15, 0.2) is 0 Å². The fraction of sp³-hybridized carbons (Fsp3) is 0.375. The Hall–Kier alpha value is -1.88. The van der Waals surface area contributed by atoms with Gasteiger partial charge in [0.25, 0.3) is 0 Å². The number of rotatable bonds is 4. The van der Waals surface area contributed by atoms with Gasteiger partial charge in [-0.25, -0.2) is 9.78 Å². The van der Waals surface area contributed by atoms with Gasteiger partial charge in [-0.15, -0.1) is 11.3 Å².